The van der Waals surface area contributed by atoms with Crippen LogP contribution in [0.15, 0.2) is 17.8 Å². The van der Waals surface area contributed by atoms with Crippen molar-refractivity contribution >= 4 is 17.2 Å². The highest BCUT2D eigenvalue weighted by atomic mass is 32.1. The lowest BCUT2D eigenvalue weighted by molar-refractivity contribution is 0.734. The normalized spacial score (nSPS) is 12.4. The van der Waals surface area contributed by atoms with Gasteiger partial charge in [-0.2, -0.15) is 0 Å². The second kappa shape index (κ2) is 6.33. The lowest BCUT2D eigenvalue weighted by Gasteiger charge is -2.20. The van der Waals surface area contributed by atoms with E-state index in [1.54, 1.807) is 11.3 Å². The maximum Gasteiger partial charge on any atom is 0.131 e. The Kier molecular flexibility index (Phi) is 4.73. The fraction of sp³-hybridized carbons (Fsp3) is 0.467. The molecule has 0 fully saturated rings. The van der Waals surface area contributed by atoms with E-state index in [1.165, 1.54) is 16.0 Å². The third kappa shape index (κ3) is 3.55. The summed E-state index contributed by atoms with van der Waals surface area (Å²) in [6.07, 6.45) is 2.80. The highest BCUT2D eigenvalue weighted by Crippen LogP contribution is 2.21. The van der Waals surface area contributed by atoms with E-state index in [4.69, 9.17) is 5.73 Å². The van der Waals surface area contributed by atoms with Crippen molar-refractivity contribution in [3.63, 3.8) is 0 Å². The molecule has 0 saturated carbocycles. The second-order valence-corrected chi connectivity index (χ2v) is 6.32. The monoisotopic (exact) mass is 290 g/mol. The van der Waals surface area contributed by atoms with Gasteiger partial charge in [0.2, 0.25) is 0 Å². The number of rotatable bonds is 5. The van der Waals surface area contributed by atoms with Crippen LogP contribution in [0, 0.1) is 13.8 Å². The Morgan fingerprint density at radius 3 is 2.65 bits per heavy atom. The lowest BCUT2D eigenvalue weighted by atomic mass is 10.1. The molecular weight excluding hydrogens is 268 g/mol. The summed E-state index contributed by atoms with van der Waals surface area (Å²) in [5.41, 5.74) is 11.2. The Bertz CT molecular complexity index is 577. The highest BCUT2D eigenvalue weighted by Gasteiger charge is 2.11. The Morgan fingerprint density at radius 2 is 2.10 bits per heavy atom. The fourth-order valence-electron chi connectivity index (χ4n) is 2.28. The van der Waals surface area contributed by atoms with Crippen LogP contribution in [0.2, 0.25) is 0 Å². The Balaban J connectivity index is 2.14. The van der Waals surface area contributed by atoms with Crippen LogP contribution in [0.4, 0.5) is 5.82 Å². The van der Waals surface area contributed by atoms with Gasteiger partial charge in [0.05, 0.1) is 17.7 Å². The molecule has 2 heterocycles. The SMILES string of the molecule is Cc1cc(CC(C)N)cnc1N(C)Cc1scnc1C. The summed E-state index contributed by atoms with van der Waals surface area (Å²) in [5.74, 6) is 1.02. The summed E-state index contributed by atoms with van der Waals surface area (Å²) < 4.78 is 0. The molecule has 1 atom stereocenters. The van der Waals surface area contributed by atoms with Crippen molar-refractivity contribution in [3.05, 3.63) is 39.5 Å². The first-order valence-corrected chi connectivity index (χ1v) is 7.66. The maximum absolute atomic E-state index is 5.84. The van der Waals surface area contributed by atoms with Crippen molar-refractivity contribution < 1.29 is 0 Å². The highest BCUT2D eigenvalue weighted by molar-refractivity contribution is 7.09. The number of aromatic nitrogens is 2. The van der Waals surface area contributed by atoms with Gasteiger partial charge in [0.15, 0.2) is 0 Å². The minimum atomic E-state index is 0.166. The number of pyridine rings is 1. The number of thiazole rings is 1. The average Bonchev–Trinajstić information content (AvgIpc) is 2.74. The van der Waals surface area contributed by atoms with Crippen LogP contribution in [-0.2, 0) is 13.0 Å². The van der Waals surface area contributed by atoms with E-state index in [-0.39, 0.29) is 6.04 Å². The van der Waals surface area contributed by atoms with Gasteiger partial charge in [-0.25, -0.2) is 9.97 Å². The Morgan fingerprint density at radius 1 is 1.35 bits per heavy atom. The molecule has 0 aliphatic carbocycles. The molecule has 0 bridgehead atoms. The van der Waals surface area contributed by atoms with Gasteiger partial charge in [0.1, 0.15) is 5.82 Å². The van der Waals surface area contributed by atoms with Crippen LogP contribution >= 0.6 is 11.3 Å². The summed E-state index contributed by atoms with van der Waals surface area (Å²) >= 11 is 1.69. The zero-order chi connectivity index (χ0) is 14.7. The average molecular weight is 290 g/mol. The van der Waals surface area contributed by atoms with Gasteiger partial charge in [0.25, 0.3) is 0 Å². The number of aryl methyl sites for hydroxylation is 2. The molecule has 0 amide bonds. The zero-order valence-electron chi connectivity index (χ0n) is 12.6. The van der Waals surface area contributed by atoms with Crippen molar-refractivity contribution in [1.29, 1.82) is 0 Å². The maximum atomic E-state index is 5.84. The number of hydrogen-bond acceptors (Lipinski definition) is 5. The third-order valence-electron chi connectivity index (χ3n) is 3.25. The van der Waals surface area contributed by atoms with Crippen LogP contribution in [0.25, 0.3) is 0 Å². The predicted molar refractivity (Wildman–Crippen MR) is 85.3 cm³/mol. The first-order valence-electron chi connectivity index (χ1n) is 6.78. The molecule has 0 aliphatic heterocycles. The molecule has 2 aromatic rings. The molecule has 0 radical (unpaired) electrons. The molecule has 2 rings (SSSR count). The standard InChI is InChI=1S/C15H22N4S/c1-10-5-13(6-11(2)16)7-17-15(10)19(4)8-14-12(3)18-9-20-14/h5,7,9,11H,6,8,16H2,1-4H3. The summed E-state index contributed by atoms with van der Waals surface area (Å²) in [4.78, 5) is 12.3. The summed E-state index contributed by atoms with van der Waals surface area (Å²) in [7, 11) is 2.07. The lowest BCUT2D eigenvalue weighted by Crippen LogP contribution is -2.20. The second-order valence-electron chi connectivity index (χ2n) is 5.38. The predicted octanol–water partition coefficient (Wildman–Crippen LogP) is 2.68. The quantitative estimate of drug-likeness (QED) is 0.920. The fourth-order valence-corrected chi connectivity index (χ4v) is 3.11. The van der Waals surface area contributed by atoms with Crippen LogP contribution < -0.4 is 10.6 Å². The van der Waals surface area contributed by atoms with E-state index >= 15 is 0 Å². The minimum Gasteiger partial charge on any atom is -0.354 e. The first-order chi connectivity index (χ1) is 9.47. The van der Waals surface area contributed by atoms with Gasteiger partial charge in [-0.1, -0.05) is 6.07 Å². The zero-order valence-corrected chi connectivity index (χ0v) is 13.4. The number of hydrogen-bond donors (Lipinski definition) is 1. The van der Waals surface area contributed by atoms with E-state index in [0.29, 0.717) is 0 Å². The first kappa shape index (κ1) is 14.9. The van der Waals surface area contributed by atoms with Crippen molar-refractivity contribution in [2.75, 3.05) is 11.9 Å². The van der Waals surface area contributed by atoms with E-state index in [1.807, 2.05) is 25.6 Å². The van der Waals surface area contributed by atoms with Crippen LogP contribution in [0.1, 0.15) is 28.6 Å². The molecule has 1 unspecified atom stereocenters. The van der Waals surface area contributed by atoms with E-state index in [9.17, 15) is 0 Å². The van der Waals surface area contributed by atoms with Gasteiger partial charge in [-0.15, -0.1) is 11.3 Å². The number of nitrogens with zero attached hydrogens (tertiary/aromatic N) is 3. The van der Waals surface area contributed by atoms with Gasteiger partial charge >= 0.3 is 0 Å². The van der Waals surface area contributed by atoms with Crippen LogP contribution in [-0.4, -0.2) is 23.1 Å². The molecule has 4 nitrogen and oxygen atoms in total. The molecule has 5 heteroatoms. The largest absolute Gasteiger partial charge is 0.354 e. The van der Waals surface area contributed by atoms with Gasteiger partial charge in [-0.05, 0) is 38.3 Å². The van der Waals surface area contributed by atoms with Gasteiger partial charge < -0.3 is 10.6 Å². The molecule has 0 aliphatic rings. The van der Waals surface area contributed by atoms with Gasteiger partial charge in [0, 0.05) is 24.2 Å². The minimum absolute atomic E-state index is 0.166. The number of anilines is 1. The topological polar surface area (TPSA) is 55.0 Å². The van der Waals surface area contributed by atoms with Crippen molar-refractivity contribution in [2.45, 2.75) is 39.8 Å². The molecule has 0 spiro atoms. The van der Waals surface area contributed by atoms with Crippen LogP contribution in [0.5, 0.6) is 0 Å². The Hall–Kier alpha value is -1.46. The Labute approximate surface area is 124 Å². The molecular formula is C15H22N4S. The molecule has 2 aromatic heterocycles. The van der Waals surface area contributed by atoms with Gasteiger partial charge in [-0.3, -0.25) is 0 Å². The number of nitrogens with two attached hydrogens (primary N) is 1. The van der Waals surface area contributed by atoms with Crippen LogP contribution in [0.3, 0.4) is 0 Å². The van der Waals surface area contributed by atoms with Crippen molar-refractivity contribution in [2.24, 2.45) is 5.73 Å². The van der Waals surface area contributed by atoms with Crippen molar-refractivity contribution in [3.8, 4) is 0 Å². The van der Waals surface area contributed by atoms with Crippen molar-refractivity contribution in [1.82, 2.24) is 9.97 Å². The third-order valence-corrected chi connectivity index (χ3v) is 4.17. The molecule has 0 saturated heterocycles. The molecule has 2 N–H and O–H groups in total. The summed E-state index contributed by atoms with van der Waals surface area (Å²) in [5, 5.41) is 0. The van der Waals surface area contributed by atoms with E-state index in [0.717, 1.165) is 24.5 Å². The molecule has 0 aromatic carbocycles. The smallest absolute Gasteiger partial charge is 0.131 e. The van der Waals surface area contributed by atoms with E-state index < -0.39 is 0 Å². The summed E-state index contributed by atoms with van der Waals surface area (Å²) in [6, 6.07) is 2.35. The van der Waals surface area contributed by atoms with E-state index in [2.05, 4.69) is 34.9 Å². The molecule has 108 valence electrons. The molecule has 20 heavy (non-hydrogen) atoms. The summed E-state index contributed by atoms with van der Waals surface area (Å²) in [6.45, 7) is 7.01.